The number of benzene rings is 2. The normalized spacial score (nSPS) is 12.2. The van der Waals surface area contributed by atoms with Gasteiger partial charge in [0.15, 0.2) is 11.5 Å². The van der Waals surface area contributed by atoms with Crippen molar-refractivity contribution in [1.29, 1.82) is 0 Å². The van der Waals surface area contributed by atoms with Crippen LogP contribution in [0.2, 0.25) is 0 Å². The first-order valence-electron chi connectivity index (χ1n) is 11.0. The molecular weight excluding hydrogens is 583 g/mol. The van der Waals surface area contributed by atoms with Crippen molar-refractivity contribution in [3.05, 3.63) is 65.5 Å². The standard InChI is InChI=1S/C24H21F2N3O8S2.Na/c1-13-4-5-14(22(30)31)10-20(13)39(33,34)29-18-7-6-15(37-23(25)26)11-16(18)28-24(29)38(32)12-17-21(36-3)19(35-2)8-9-27-17;/h4-11,23H,12H2,1-3H3,(H,30,31);/q;+1/p-1. The van der Waals surface area contributed by atoms with Crippen LogP contribution in [0.5, 0.6) is 17.2 Å². The number of alkyl halides is 2. The SMILES string of the molecule is COc1ccnc(CS(=O)c2nc3cc(OC(F)F)ccc3n2S(=O)(=O)c2cc(C(=O)[O-])ccc2C)c1OC.[Na+]. The number of carboxylic acids is 1. The number of pyridine rings is 1. The number of hydrogen-bond acceptors (Lipinski definition) is 10. The average molecular weight is 604 g/mol. The molecule has 0 saturated heterocycles. The van der Waals surface area contributed by atoms with Crippen LogP contribution < -0.4 is 48.9 Å². The van der Waals surface area contributed by atoms with Crippen LogP contribution in [-0.4, -0.2) is 53.4 Å². The van der Waals surface area contributed by atoms with E-state index in [1.807, 2.05) is 0 Å². The maximum atomic E-state index is 13.9. The summed E-state index contributed by atoms with van der Waals surface area (Å²) in [6.07, 6.45) is 1.39. The zero-order valence-electron chi connectivity index (χ0n) is 21.6. The second-order valence-electron chi connectivity index (χ2n) is 7.94. The minimum atomic E-state index is -4.64. The van der Waals surface area contributed by atoms with Crippen LogP contribution >= 0.6 is 0 Å². The molecule has 0 N–H and O–H groups in total. The van der Waals surface area contributed by atoms with E-state index in [2.05, 4.69) is 14.7 Å². The van der Waals surface area contributed by atoms with Gasteiger partial charge in [-0.05, 0) is 36.2 Å². The third kappa shape index (κ3) is 6.12. The van der Waals surface area contributed by atoms with Crippen molar-refractivity contribution in [1.82, 2.24) is 13.9 Å². The van der Waals surface area contributed by atoms with E-state index in [1.165, 1.54) is 51.6 Å². The Morgan fingerprint density at radius 3 is 2.48 bits per heavy atom. The number of rotatable bonds is 10. The Morgan fingerprint density at radius 1 is 1.12 bits per heavy atom. The molecule has 4 aromatic rings. The van der Waals surface area contributed by atoms with Gasteiger partial charge in [0.1, 0.15) is 5.75 Å². The Bertz CT molecular complexity index is 1710. The van der Waals surface area contributed by atoms with Crippen molar-refractivity contribution in [2.45, 2.75) is 29.3 Å². The van der Waals surface area contributed by atoms with Gasteiger partial charge in [0.2, 0.25) is 5.16 Å². The van der Waals surface area contributed by atoms with Gasteiger partial charge in [-0.25, -0.2) is 17.4 Å². The smallest absolute Gasteiger partial charge is 0.545 e. The molecule has 2 aromatic heterocycles. The number of aromatic carboxylic acids is 1. The van der Waals surface area contributed by atoms with Crippen LogP contribution in [-0.2, 0) is 26.6 Å². The fourth-order valence-corrected chi connectivity index (χ4v) is 7.03. The fourth-order valence-electron chi connectivity index (χ4n) is 3.81. The van der Waals surface area contributed by atoms with E-state index in [9.17, 15) is 31.3 Å². The van der Waals surface area contributed by atoms with Gasteiger partial charge < -0.3 is 24.1 Å². The second kappa shape index (κ2) is 12.6. The van der Waals surface area contributed by atoms with Crippen molar-refractivity contribution in [3.63, 3.8) is 0 Å². The number of methoxy groups -OCH3 is 2. The number of carboxylic acid groups (broad SMARTS) is 1. The molecular formula is C24H20F2N3NaO8S2. The molecule has 1 unspecified atom stereocenters. The molecule has 0 fully saturated rings. The number of hydrogen-bond donors (Lipinski definition) is 0. The fraction of sp³-hybridized carbons (Fsp3) is 0.208. The van der Waals surface area contributed by atoms with Gasteiger partial charge in [-0.2, -0.15) is 8.78 Å². The van der Waals surface area contributed by atoms with Gasteiger partial charge in [-0.3, -0.25) is 9.19 Å². The molecule has 0 spiro atoms. The van der Waals surface area contributed by atoms with Gasteiger partial charge in [0, 0.05) is 18.3 Å². The first-order valence-corrected chi connectivity index (χ1v) is 13.7. The van der Waals surface area contributed by atoms with Crippen molar-refractivity contribution in [2.24, 2.45) is 0 Å². The molecule has 0 aliphatic rings. The molecule has 206 valence electrons. The molecule has 16 heteroatoms. The minimum absolute atomic E-state index is 0. The van der Waals surface area contributed by atoms with E-state index in [-0.39, 0.29) is 69.1 Å². The van der Waals surface area contributed by atoms with Crippen LogP contribution in [0.1, 0.15) is 21.6 Å². The zero-order chi connectivity index (χ0) is 28.5. The third-order valence-corrected chi connectivity index (χ3v) is 8.74. The molecule has 4 rings (SSSR count). The first-order chi connectivity index (χ1) is 18.5. The van der Waals surface area contributed by atoms with Crippen molar-refractivity contribution >= 4 is 37.8 Å². The Morgan fingerprint density at radius 2 is 1.85 bits per heavy atom. The van der Waals surface area contributed by atoms with Crippen LogP contribution in [0.15, 0.2) is 58.7 Å². The van der Waals surface area contributed by atoms with E-state index in [4.69, 9.17) is 9.47 Å². The quantitative estimate of drug-likeness (QED) is 0.212. The Balaban J connectivity index is 0.00000441. The van der Waals surface area contributed by atoms with Crippen LogP contribution in [0.4, 0.5) is 8.78 Å². The Hall–Kier alpha value is -3.11. The summed E-state index contributed by atoms with van der Waals surface area (Å²) < 4.78 is 82.7. The predicted octanol–water partition coefficient (Wildman–Crippen LogP) is -0.729. The summed E-state index contributed by atoms with van der Waals surface area (Å²) >= 11 is 0. The monoisotopic (exact) mass is 603 g/mol. The van der Waals surface area contributed by atoms with Gasteiger partial charge >= 0.3 is 36.2 Å². The number of halogens is 2. The summed E-state index contributed by atoms with van der Waals surface area (Å²) in [6.45, 7) is -1.70. The van der Waals surface area contributed by atoms with Crippen LogP contribution in [0, 0.1) is 6.92 Å². The van der Waals surface area contributed by atoms with E-state index in [0.717, 1.165) is 18.2 Å². The molecule has 0 aliphatic carbocycles. The maximum absolute atomic E-state index is 13.9. The number of imidazole rings is 1. The summed E-state index contributed by atoms with van der Waals surface area (Å²) in [5, 5.41) is 11.0. The molecule has 0 bridgehead atoms. The molecule has 0 radical (unpaired) electrons. The number of aromatic nitrogens is 3. The predicted molar refractivity (Wildman–Crippen MR) is 132 cm³/mol. The molecule has 0 saturated carbocycles. The summed E-state index contributed by atoms with van der Waals surface area (Å²) in [4.78, 5) is 19.4. The van der Waals surface area contributed by atoms with E-state index in [0.29, 0.717) is 9.72 Å². The number of carbonyl (C=O) groups excluding carboxylic acids is 1. The summed E-state index contributed by atoms with van der Waals surface area (Å²) in [6, 6.07) is 8.24. The van der Waals surface area contributed by atoms with Crippen molar-refractivity contribution in [3.8, 4) is 17.2 Å². The number of ether oxygens (including phenoxy) is 3. The largest absolute Gasteiger partial charge is 1.00 e. The molecule has 2 heterocycles. The van der Waals surface area contributed by atoms with E-state index < -0.39 is 49.0 Å². The van der Waals surface area contributed by atoms with E-state index in [1.54, 1.807) is 0 Å². The van der Waals surface area contributed by atoms with Gasteiger partial charge in [0.05, 0.1) is 58.4 Å². The number of aryl methyl sites for hydroxylation is 1. The van der Waals surface area contributed by atoms with Crippen molar-refractivity contribution < 1.29 is 75.1 Å². The van der Waals surface area contributed by atoms with E-state index >= 15 is 0 Å². The molecule has 0 aliphatic heterocycles. The first kappa shape index (κ1) is 31.4. The molecule has 2 aromatic carbocycles. The minimum Gasteiger partial charge on any atom is -0.545 e. The summed E-state index contributed by atoms with van der Waals surface area (Å²) in [5.74, 6) is -1.80. The maximum Gasteiger partial charge on any atom is 1.00 e. The molecule has 11 nitrogen and oxygen atoms in total. The van der Waals surface area contributed by atoms with Gasteiger partial charge in [0.25, 0.3) is 10.0 Å². The molecule has 40 heavy (non-hydrogen) atoms. The summed E-state index contributed by atoms with van der Waals surface area (Å²) in [5.41, 5.74) is -0.261. The van der Waals surface area contributed by atoms with Crippen LogP contribution in [0.3, 0.4) is 0 Å². The topological polar surface area (TPSA) is 150 Å². The van der Waals surface area contributed by atoms with Gasteiger partial charge in [-0.15, -0.1) is 0 Å². The molecule has 1 atom stereocenters. The Kier molecular flexibility index (Phi) is 9.89. The summed E-state index contributed by atoms with van der Waals surface area (Å²) in [7, 11) is -4.09. The number of fused-ring (bicyclic) bond motifs is 1. The number of carbonyl (C=O) groups is 1. The zero-order valence-corrected chi connectivity index (χ0v) is 25.2. The Labute approximate surface area is 251 Å². The van der Waals surface area contributed by atoms with Crippen LogP contribution in [0.25, 0.3) is 11.0 Å². The van der Waals surface area contributed by atoms with Crippen molar-refractivity contribution in [2.75, 3.05) is 14.2 Å². The second-order valence-corrected chi connectivity index (χ2v) is 11.0. The average Bonchev–Trinajstić information content (AvgIpc) is 3.28. The third-order valence-electron chi connectivity index (χ3n) is 5.56. The van der Waals surface area contributed by atoms with Gasteiger partial charge in [-0.1, -0.05) is 12.1 Å². The molecule has 0 amide bonds. The number of nitrogens with zero attached hydrogens (tertiary/aromatic N) is 3.